The highest BCUT2D eigenvalue weighted by Gasteiger charge is 2.45. The first-order valence-corrected chi connectivity index (χ1v) is 6.75. The molecule has 1 saturated carbocycles. The number of rotatable bonds is 5. The molecule has 3 heteroatoms. The van der Waals surface area contributed by atoms with Crippen LogP contribution in [0.15, 0.2) is 0 Å². The Morgan fingerprint density at radius 3 is 2.31 bits per heavy atom. The zero-order chi connectivity index (χ0) is 11.4. The van der Waals surface area contributed by atoms with Crippen molar-refractivity contribution >= 4 is 0 Å². The summed E-state index contributed by atoms with van der Waals surface area (Å²) in [6, 6.07) is 0.498. The molecule has 0 amide bonds. The van der Waals surface area contributed by atoms with Gasteiger partial charge in [-0.3, -0.25) is 4.90 Å². The molecule has 2 rings (SSSR count). The van der Waals surface area contributed by atoms with E-state index in [1.54, 1.807) is 0 Å². The molecular weight excluding hydrogens is 200 g/mol. The third-order valence-corrected chi connectivity index (χ3v) is 4.54. The Morgan fingerprint density at radius 2 is 1.81 bits per heavy atom. The second kappa shape index (κ2) is 5.48. The lowest BCUT2D eigenvalue weighted by molar-refractivity contribution is 0.0379. The molecule has 0 bridgehead atoms. The highest BCUT2D eigenvalue weighted by molar-refractivity contribution is 5.04. The second-order valence-electron chi connectivity index (χ2n) is 5.30. The van der Waals surface area contributed by atoms with E-state index >= 15 is 0 Å². The number of ether oxygens (including phenoxy) is 1. The molecule has 1 atom stereocenters. The zero-order valence-corrected chi connectivity index (χ0v) is 10.8. The van der Waals surface area contributed by atoms with Gasteiger partial charge in [0.25, 0.3) is 0 Å². The van der Waals surface area contributed by atoms with E-state index in [1.165, 1.54) is 51.6 Å². The number of hydrogen-bond donors (Lipinski definition) is 1. The molecule has 1 N–H and O–H groups in total. The van der Waals surface area contributed by atoms with Gasteiger partial charge in [0.1, 0.15) is 0 Å². The molecule has 16 heavy (non-hydrogen) atoms. The average molecular weight is 226 g/mol. The van der Waals surface area contributed by atoms with Crippen LogP contribution in [0, 0.1) is 0 Å². The Labute approximate surface area is 99.5 Å². The summed E-state index contributed by atoms with van der Waals surface area (Å²) < 4.78 is 5.40. The van der Waals surface area contributed by atoms with Crippen molar-refractivity contribution < 1.29 is 4.74 Å². The molecule has 0 spiro atoms. The van der Waals surface area contributed by atoms with Gasteiger partial charge in [-0.05, 0) is 45.8 Å². The van der Waals surface area contributed by atoms with Gasteiger partial charge in [-0.15, -0.1) is 0 Å². The molecule has 2 fully saturated rings. The predicted octanol–water partition coefficient (Wildman–Crippen LogP) is 1.63. The Kier molecular flexibility index (Phi) is 4.22. The van der Waals surface area contributed by atoms with E-state index in [0.29, 0.717) is 11.6 Å². The lowest BCUT2D eigenvalue weighted by Gasteiger charge is -2.44. The first-order valence-electron chi connectivity index (χ1n) is 6.75. The summed E-state index contributed by atoms with van der Waals surface area (Å²) in [5.74, 6) is 0. The number of likely N-dealkylation sites (N-methyl/N-ethyl adjacent to an activating group) is 1. The van der Waals surface area contributed by atoms with E-state index in [4.69, 9.17) is 4.74 Å². The van der Waals surface area contributed by atoms with Gasteiger partial charge >= 0.3 is 0 Å². The number of likely N-dealkylation sites (tertiary alicyclic amines) is 1. The average Bonchev–Trinajstić information content (AvgIpc) is 2.95. The van der Waals surface area contributed by atoms with Crippen molar-refractivity contribution in [2.24, 2.45) is 0 Å². The molecule has 1 unspecified atom stereocenters. The molecular formula is C13H26N2O. The second-order valence-corrected chi connectivity index (χ2v) is 5.30. The van der Waals surface area contributed by atoms with Crippen molar-refractivity contribution in [3.8, 4) is 0 Å². The van der Waals surface area contributed by atoms with Crippen LogP contribution in [0.5, 0.6) is 0 Å². The highest BCUT2D eigenvalue weighted by Crippen LogP contribution is 2.40. The molecule has 1 heterocycles. The molecule has 0 radical (unpaired) electrons. The molecule has 2 aliphatic rings. The van der Waals surface area contributed by atoms with Crippen LogP contribution in [0.25, 0.3) is 0 Å². The molecule has 1 saturated heterocycles. The van der Waals surface area contributed by atoms with Crippen LogP contribution in [-0.4, -0.2) is 50.3 Å². The SMILES string of the molecule is CNC(COC)C1(N2CCCC2)CCCC1. The molecule has 0 aromatic carbocycles. The maximum absolute atomic E-state index is 5.40. The zero-order valence-electron chi connectivity index (χ0n) is 10.8. The number of nitrogens with zero attached hydrogens (tertiary/aromatic N) is 1. The lowest BCUT2D eigenvalue weighted by Crippen LogP contribution is -2.60. The van der Waals surface area contributed by atoms with Gasteiger partial charge in [-0.2, -0.15) is 0 Å². The fraction of sp³-hybridized carbons (Fsp3) is 1.00. The largest absolute Gasteiger partial charge is 0.383 e. The minimum absolute atomic E-state index is 0.390. The van der Waals surface area contributed by atoms with Crippen molar-refractivity contribution in [2.75, 3.05) is 33.9 Å². The first kappa shape index (κ1) is 12.3. The smallest absolute Gasteiger partial charge is 0.0633 e. The van der Waals surface area contributed by atoms with Crippen LogP contribution in [-0.2, 0) is 4.74 Å². The van der Waals surface area contributed by atoms with E-state index in [-0.39, 0.29) is 0 Å². The molecule has 0 aromatic heterocycles. The monoisotopic (exact) mass is 226 g/mol. The van der Waals surface area contributed by atoms with Crippen LogP contribution in [0.2, 0.25) is 0 Å². The fourth-order valence-corrected chi connectivity index (χ4v) is 3.71. The Bertz CT molecular complexity index is 208. The molecule has 0 aromatic rings. The lowest BCUT2D eigenvalue weighted by atomic mass is 9.86. The summed E-state index contributed by atoms with van der Waals surface area (Å²) in [6.07, 6.45) is 8.23. The van der Waals surface area contributed by atoms with Crippen molar-refractivity contribution in [2.45, 2.75) is 50.1 Å². The standard InChI is InChI=1S/C13H26N2O/c1-14-12(11-16-2)13(7-3-4-8-13)15-9-5-6-10-15/h12,14H,3-11H2,1-2H3. The van der Waals surface area contributed by atoms with E-state index in [9.17, 15) is 0 Å². The van der Waals surface area contributed by atoms with Gasteiger partial charge in [0.15, 0.2) is 0 Å². The van der Waals surface area contributed by atoms with Crippen molar-refractivity contribution in [3.63, 3.8) is 0 Å². The first-order chi connectivity index (χ1) is 7.83. The molecule has 3 nitrogen and oxygen atoms in total. The Hall–Kier alpha value is -0.120. The molecule has 1 aliphatic heterocycles. The van der Waals surface area contributed by atoms with Crippen molar-refractivity contribution in [1.29, 1.82) is 0 Å². The van der Waals surface area contributed by atoms with Crippen LogP contribution >= 0.6 is 0 Å². The predicted molar refractivity (Wildman–Crippen MR) is 66.7 cm³/mol. The number of nitrogens with one attached hydrogen (secondary N) is 1. The summed E-state index contributed by atoms with van der Waals surface area (Å²) in [4.78, 5) is 2.74. The third-order valence-electron chi connectivity index (χ3n) is 4.54. The summed E-state index contributed by atoms with van der Waals surface area (Å²) in [6.45, 7) is 3.43. The van der Waals surface area contributed by atoms with Gasteiger partial charge in [0, 0.05) is 18.7 Å². The maximum atomic E-state index is 5.40. The summed E-state index contributed by atoms with van der Waals surface area (Å²) in [5.41, 5.74) is 0.390. The van der Waals surface area contributed by atoms with Crippen LogP contribution in [0.4, 0.5) is 0 Å². The van der Waals surface area contributed by atoms with Gasteiger partial charge in [0.05, 0.1) is 6.61 Å². The molecule has 1 aliphatic carbocycles. The van der Waals surface area contributed by atoms with Crippen LogP contribution in [0.3, 0.4) is 0 Å². The van der Waals surface area contributed by atoms with Gasteiger partial charge in [-0.1, -0.05) is 12.8 Å². The minimum Gasteiger partial charge on any atom is -0.383 e. The van der Waals surface area contributed by atoms with Crippen molar-refractivity contribution in [1.82, 2.24) is 10.2 Å². The quantitative estimate of drug-likeness (QED) is 0.771. The number of hydrogen-bond acceptors (Lipinski definition) is 3. The Morgan fingerprint density at radius 1 is 1.19 bits per heavy atom. The summed E-state index contributed by atoms with van der Waals surface area (Å²) >= 11 is 0. The van der Waals surface area contributed by atoms with E-state index in [1.807, 2.05) is 7.11 Å². The third kappa shape index (κ3) is 2.13. The Balaban J connectivity index is 2.12. The van der Waals surface area contributed by atoms with Crippen LogP contribution in [0.1, 0.15) is 38.5 Å². The van der Waals surface area contributed by atoms with Crippen molar-refractivity contribution in [3.05, 3.63) is 0 Å². The van der Waals surface area contributed by atoms with Gasteiger partial charge in [-0.25, -0.2) is 0 Å². The van der Waals surface area contributed by atoms with Gasteiger partial charge in [0.2, 0.25) is 0 Å². The maximum Gasteiger partial charge on any atom is 0.0633 e. The van der Waals surface area contributed by atoms with E-state index < -0.39 is 0 Å². The van der Waals surface area contributed by atoms with E-state index in [2.05, 4.69) is 17.3 Å². The topological polar surface area (TPSA) is 24.5 Å². The minimum atomic E-state index is 0.390. The molecule has 94 valence electrons. The highest BCUT2D eigenvalue weighted by atomic mass is 16.5. The van der Waals surface area contributed by atoms with Gasteiger partial charge < -0.3 is 10.1 Å². The number of methoxy groups -OCH3 is 1. The fourth-order valence-electron chi connectivity index (χ4n) is 3.71. The normalized spacial score (nSPS) is 27.4. The van der Waals surface area contributed by atoms with Crippen LogP contribution < -0.4 is 5.32 Å². The summed E-state index contributed by atoms with van der Waals surface area (Å²) in [5, 5.41) is 3.50. The van der Waals surface area contributed by atoms with E-state index in [0.717, 1.165) is 6.61 Å². The summed E-state index contributed by atoms with van der Waals surface area (Å²) in [7, 11) is 3.90.